The van der Waals surface area contributed by atoms with Gasteiger partial charge in [-0.15, -0.1) is 0 Å². The lowest BCUT2D eigenvalue weighted by atomic mass is 10.1. The molecule has 1 aromatic carbocycles. The summed E-state index contributed by atoms with van der Waals surface area (Å²) in [7, 11) is 0. The van der Waals surface area contributed by atoms with Gasteiger partial charge in [0.1, 0.15) is 5.82 Å². The summed E-state index contributed by atoms with van der Waals surface area (Å²) in [4.78, 5) is 19.0. The Morgan fingerprint density at radius 1 is 1.29 bits per heavy atom. The van der Waals surface area contributed by atoms with E-state index in [0.29, 0.717) is 5.92 Å². The van der Waals surface area contributed by atoms with Gasteiger partial charge in [-0.3, -0.25) is 4.79 Å². The molecule has 1 aromatic heterocycles. The predicted molar refractivity (Wildman–Crippen MR) is 67.0 cm³/mol. The van der Waals surface area contributed by atoms with Gasteiger partial charge < -0.3 is 4.98 Å². The Morgan fingerprint density at radius 3 is 2.82 bits per heavy atom. The second kappa shape index (κ2) is 3.84. The maximum atomic E-state index is 11.6. The van der Waals surface area contributed by atoms with Crippen molar-refractivity contribution in [3.8, 4) is 11.3 Å². The topological polar surface area (TPSA) is 45.8 Å². The van der Waals surface area contributed by atoms with Crippen LogP contribution in [0.5, 0.6) is 0 Å². The molecule has 1 N–H and O–H groups in total. The Balaban J connectivity index is 2.10. The second-order valence-electron chi connectivity index (χ2n) is 4.66. The minimum absolute atomic E-state index is 0.0570. The number of aromatic nitrogens is 2. The van der Waals surface area contributed by atoms with Crippen molar-refractivity contribution >= 4 is 0 Å². The number of nitrogens with zero attached hydrogens (tertiary/aromatic N) is 1. The van der Waals surface area contributed by atoms with E-state index in [-0.39, 0.29) is 5.56 Å². The molecule has 0 bridgehead atoms. The van der Waals surface area contributed by atoms with E-state index in [2.05, 4.69) is 16.0 Å². The van der Waals surface area contributed by atoms with Crippen molar-refractivity contribution in [3.63, 3.8) is 0 Å². The van der Waals surface area contributed by atoms with Gasteiger partial charge in [-0.1, -0.05) is 23.8 Å². The molecule has 1 aliphatic carbocycles. The van der Waals surface area contributed by atoms with Gasteiger partial charge in [-0.25, -0.2) is 4.98 Å². The van der Waals surface area contributed by atoms with E-state index in [0.717, 1.165) is 29.9 Å². The van der Waals surface area contributed by atoms with Crippen LogP contribution in [-0.2, 0) is 0 Å². The molecule has 1 saturated carbocycles. The first-order valence-electron chi connectivity index (χ1n) is 5.91. The van der Waals surface area contributed by atoms with Crippen molar-refractivity contribution in [2.75, 3.05) is 0 Å². The van der Waals surface area contributed by atoms with Crippen molar-refractivity contribution in [2.45, 2.75) is 25.7 Å². The van der Waals surface area contributed by atoms with E-state index in [9.17, 15) is 4.79 Å². The fourth-order valence-corrected chi connectivity index (χ4v) is 1.98. The average molecular weight is 226 g/mol. The van der Waals surface area contributed by atoms with Crippen molar-refractivity contribution in [1.82, 2.24) is 9.97 Å². The number of aryl methyl sites for hydroxylation is 1. The number of hydrogen-bond donors (Lipinski definition) is 1. The molecule has 3 rings (SSSR count). The summed E-state index contributed by atoms with van der Waals surface area (Å²) in [5.74, 6) is 1.31. The Hall–Kier alpha value is -1.90. The van der Waals surface area contributed by atoms with Crippen LogP contribution < -0.4 is 5.56 Å². The number of rotatable bonds is 2. The monoisotopic (exact) mass is 226 g/mol. The van der Waals surface area contributed by atoms with Crippen LogP contribution in [0.3, 0.4) is 0 Å². The van der Waals surface area contributed by atoms with Crippen molar-refractivity contribution in [3.05, 3.63) is 52.1 Å². The molecule has 3 heteroatoms. The Kier molecular flexibility index (Phi) is 2.32. The van der Waals surface area contributed by atoms with Crippen LogP contribution in [0.25, 0.3) is 11.3 Å². The van der Waals surface area contributed by atoms with Gasteiger partial charge in [0.05, 0.1) is 5.69 Å². The highest BCUT2D eigenvalue weighted by atomic mass is 16.1. The van der Waals surface area contributed by atoms with E-state index in [1.807, 2.05) is 25.1 Å². The van der Waals surface area contributed by atoms with Gasteiger partial charge in [-0.05, 0) is 25.8 Å². The molecule has 0 atom stereocenters. The third-order valence-electron chi connectivity index (χ3n) is 3.04. The first-order chi connectivity index (χ1) is 8.22. The first kappa shape index (κ1) is 10.3. The maximum Gasteiger partial charge on any atom is 0.251 e. The smallest absolute Gasteiger partial charge is 0.251 e. The van der Waals surface area contributed by atoms with Crippen molar-refractivity contribution < 1.29 is 0 Å². The largest absolute Gasteiger partial charge is 0.310 e. The van der Waals surface area contributed by atoms with E-state index in [1.54, 1.807) is 6.07 Å². The molecule has 1 fully saturated rings. The highest BCUT2D eigenvalue weighted by Gasteiger charge is 2.26. The normalized spacial score (nSPS) is 14.9. The van der Waals surface area contributed by atoms with Crippen LogP contribution in [0.1, 0.15) is 30.1 Å². The maximum absolute atomic E-state index is 11.6. The standard InChI is InChI=1S/C14H14N2O/c1-9-3-2-4-11(7-9)12-8-13(17)16-14(15-12)10-5-6-10/h2-4,7-8,10H,5-6H2,1H3,(H,15,16,17). The molecule has 0 saturated heterocycles. The van der Waals surface area contributed by atoms with Gasteiger partial charge in [0.15, 0.2) is 0 Å². The van der Waals surface area contributed by atoms with Crippen LogP contribution in [-0.4, -0.2) is 9.97 Å². The van der Waals surface area contributed by atoms with Gasteiger partial charge in [-0.2, -0.15) is 0 Å². The van der Waals surface area contributed by atoms with Gasteiger partial charge in [0, 0.05) is 17.5 Å². The van der Waals surface area contributed by atoms with Gasteiger partial charge in [0.25, 0.3) is 5.56 Å². The average Bonchev–Trinajstić information content (AvgIpc) is 3.12. The van der Waals surface area contributed by atoms with Crippen LogP contribution in [0, 0.1) is 6.92 Å². The zero-order valence-corrected chi connectivity index (χ0v) is 9.73. The highest BCUT2D eigenvalue weighted by Crippen LogP contribution is 2.37. The molecule has 0 spiro atoms. The summed E-state index contributed by atoms with van der Waals surface area (Å²) < 4.78 is 0. The number of benzene rings is 1. The summed E-state index contributed by atoms with van der Waals surface area (Å²) in [5.41, 5.74) is 2.91. The molecule has 0 aliphatic heterocycles. The van der Waals surface area contributed by atoms with E-state index in [1.165, 1.54) is 5.56 Å². The Morgan fingerprint density at radius 2 is 2.12 bits per heavy atom. The summed E-state index contributed by atoms with van der Waals surface area (Å²) >= 11 is 0. The summed E-state index contributed by atoms with van der Waals surface area (Å²) in [5, 5.41) is 0. The lowest BCUT2D eigenvalue weighted by Crippen LogP contribution is -2.10. The summed E-state index contributed by atoms with van der Waals surface area (Å²) in [6, 6.07) is 9.65. The van der Waals surface area contributed by atoms with Gasteiger partial charge >= 0.3 is 0 Å². The SMILES string of the molecule is Cc1cccc(-c2cc(=O)[nH]c(C3CC3)n2)c1. The van der Waals surface area contributed by atoms with Crippen molar-refractivity contribution in [2.24, 2.45) is 0 Å². The van der Waals surface area contributed by atoms with Gasteiger partial charge in [0.2, 0.25) is 0 Å². The van der Waals surface area contributed by atoms with E-state index in [4.69, 9.17) is 0 Å². The fourth-order valence-electron chi connectivity index (χ4n) is 1.98. The molecule has 0 radical (unpaired) electrons. The minimum Gasteiger partial charge on any atom is -0.310 e. The molecular formula is C14H14N2O. The minimum atomic E-state index is -0.0570. The zero-order chi connectivity index (χ0) is 11.8. The summed E-state index contributed by atoms with van der Waals surface area (Å²) in [6.45, 7) is 2.04. The molecule has 0 unspecified atom stereocenters. The number of H-pyrrole nitrogens is 1. The summed E-state index contributed by atoms with van der Waals surface area (Å²) in [6.07, 6.45) is 2.28. The Labute approximate surface area is 99.5 Å². The highest BCUT2D eigenvalue weighted by molar-refractivity contribution is 5.59. The van der Waals surface area contributed by atoms with E-state index < -0.39 is 0 Å². The number of hydrogen-bond acceptors (Lipinski definition) is 2. The predicted octanol–water partition coefficient (Wildman–Crippen LogP) is 2.62. The number of aromatic amines is 1. The molecular weight excluding hydrogens is 212 g/mol. The van der Waals surface area contributed by atoms with Crippen LogP contribution in [0.2, 0.25) is 0 Å². The molecule has 0 amide bonds. The van der Waals surface area contributed by atoms with Crippen LogP contribution in [0.15, 0.2) is 35.1 Å². The lowest BCUT2D eigenvalue weighted by molar-refractivity contribution is 0.912. The van der Waals surface area contributed by atoms with Crippen molar-refractivity contribution in [1.29, 1.82) is 0 Å². The zero-order valence-electron chi connectivity index (χ0n) is 9.73. The first-order valence-corrected chi connectivity index (χ1v) is 5.91. The fraction of sp³-hybridized carbons (Fsp3) is 0.286. The second-order valence-corrected chi connectivity index (χ2v) is 4.66. The number of nitrogens with one attached hydrogen (secondary N) is 1. The van der Waals surface area contributed by atoms with Crippen LogP contribution >= 0.6 is 0 Å². The third kappa shape index (κ3) is 2.13. The Bertz CT molecular complexity index is 612. The third-order valence-corrected chi connectivity index (χ3v) is 3.04. The van der Waals surface area contributed by atoms with Crippen LogP contribution in [0.4, 0.5) is 0 Å². The van der Waals surface area contributed by atoms with E-state index >= 15 is 0 Å². The molecule has 2 aromatic rings. The molecule has 1 aliphatic rings. The molecule has 3 nitrogen and oxygen atoms in total. The quantitative estimate of drug-likeness (QED) is 0.855. The molecule has 17 heavy (non-hydrogen) atoms. The molecule has 86 valence electrons. The lowest BCUT2D eigenvalue weighted by Gasteiger charge is -2.04. The molecule has 1 heterocycles.